The summed E-state index contributed by atoms with van der Waals surface area (Å²) in [6.07, 6.45) is 1.80. The topological polar surface area (TPSA) is 35.2 Å². The van der Waals surface area contributed by atoms with Gasteiger partial charge in [-0.1, -0.05) is 36.8 Å². The zero-order valence-corrected chi connectivity index (χ0v) is 9.92. The molecule has 2 nitrogen and oxygen atoms in total. The fourth-order valence-corrected chi connectivity index (χ4v) is 1.79. The monoisotopic (exact) mass is 207 g/mol. The average Bonchev–Trinajstić information content (AvgIpc) is 2.18. The average molecular weight is 207 g/mol. The van der Waals surface area contributed by atoms with Gasteiger partial charge in [0, 0.05) is 12.6 Å². The summed E-state index contributed by atoms with van der Waals surface area (Å²) >= 11 is 0. The molecular formula is C13H21NO. The summed E-state index contributed by atoms with van der Waals surface area (Å²) in [5.74, 6) is 0. The van der Waals surface area contributed by atoms with E-state index in [0.717, 1.165) is 12.8 Å². The van der Waals surface area contributed by atoms with E-state index in [0.29, 0.717) is 6.61 Å². The zero-order chi connectivity index (χ0) is 11.3. The molecule has 0 aliphatic heterocycles. The third-order valence-electron chi connectivity index (χ3n) is 2.77. The van der Waals surface area contributed by atoms with E-state index in [9.17, 15) is 0 Å². The summed E-state index contributed by atoms with van der Waals surface area (Å²) in [6, 6.07) is 8.49. The van der Waals surface area contributed by atoms with Gasteiger partial charge in [-0.2, -0.15) is 0 Å². The molecule has 0 aromatic heterocycles. The molecule has 1 rings (SSSR count). The normalized spacial score (nSPS) is 14.9. The maximum absolute atomic E-state index is 6.26. The van der Waals surface area contributed by atoms with Crippen molar-refractivity contribution in [2.24, 2.45) is 5.73 Å². The van der Waals surface area contributed by atoms with E-state index >= 15 is 0 Å². The van der Waals surface area contributed by atoms with Gasteiger partial charge in [0.1, 0.15) is 0 Å². The molecule has 15 heavy (non-hydrogen) atoms. The van der Waals surface area contributed by atoms with Crippen LogP contribution in [0, 0.1) is 6.92 Å². The Hall–Kier alpha value is -0.860. The number of aryl methyl sites for hydroxylation is 1. The van der Waals surface area contributed by atoms with E-state index in [-0.39, 0.29) is 5.54 Å². The van der Waals surface area contributed by atoms with E-state index in [1.54, 1.807) is 7.11 Å². The fourth-order valence-electron chi connectivity index (χ4n) is 1.79. The van der Waals surface area contributed by atoms with Gasteiger partial charge < -0.3 is 10.5 Å². The van der Waals surface area contributed by atoms with Gasteiger partial charge >= 0.3 is 0 Å². The SMILES string of the molecule is CCC(N)(COC)Cc1cccc(C)c1. The molecule has 0 saturated heterocycles. The molecule has 0 aliphatic carbocycles. The van der Waals surface area contributed by atoms with Crippen molar-refractivity contribution < 1.29 is 4.74 Å². The standard InChI is InChI=1S/C13H21NO/c1-4-13(14,10-15-3)9-12-7-5-6-11(2)8-12/h5-8H,4,9-10,14H2,1-3H3. The van der Waals surface area contributed by atoms with Gasteiger partial charge in [-0.25, -0.2) is 0 Å². The van der Waals surface area contributed by atoms with Crippen LogP contribution in [0.3, 0.4) is 0 Å². The third-order valence-corrected chi connectivity index (χ3v) is 2.77. The smallest absolute Gasteiger partial charge is 0.0645 e. The molecule has 2 N–H and O–H groups in total. The summed E-state index contributed by atoms with van der Waals surface area (Å²) in [5, 5.41) is 0. The number of methoxy groups -OCH3 is 1. The lowest BCUT2D eigenvalue weighted by Gasteiger charge is -2.27. The van der Waals surface area contributed by atoms with Gasteiger partial charge in [0.05, 0.1) is 6.61 Å². The van der Waals surface area contributed by atoms with Crippen LogP contribution < -0.4 is 5.73 Å². The Morgan fingerprint density at radius 2 is 2.13 bits per heavy atom. The van der Waals surface area contributed by atoms with Crippen molar-refractivity contribution in [3.05, 3.63) is 35.4 Å². The molecule has 0 radical (unpaired) electrons. The number of hydrogen-bond donors (Lipinski definition) is 1. The highest BCUT2D eigenvalue weighted by Crippen LogP contribution is 2.16. The van der Waals surface area contributed by atoms with Crippen molar-refractivity contribution in [3.8, 4) is 0 Å². The molecular weight excluding hydrogens is 186 g/mol. The first-order valence-electron chi connectivity index (χ1n) is 5.43. The van der Waals surface area contributed by atoms with Crippen LogP contribution >= 0.6 is 0 Å². The minimum Gasteiger partial charge on any atom is -0.383 e. The molecule has 0 bridgehead atoms. The van der Waals surface area contributed by atoms with Gasteiger partial charge in [0.25, 0.3) is 0 Å². The van der Waals surface area contributed by atoms with Crippen molar-refractivity contribution in [2.45, 2.75) is 32.2 Å². The van der Waals surface area contributed by atoms with Gasteiger partial charge in [-0.3, -0.25) is 0 Å². The molecule has 1 unspecified atom stereocenters. The molecule has 1 aromatic carbocycles. The lowest BCUT2D eigenvalue weighted by Crippen LogP contribution is -2.45. The van der Waals surface area contributed by atoms with Crippen LogP contribution in [0.5, 0.6) is 0 Å². The van der Waals surface area contributed by atoms with Crippen LogP contribution in [0.4, 0.5) is 0 Å². The van der Waals surface area contributed by atoms with Crippen molar-refractivity contribution >= 4 is 0 Å². The minimum atomic E-state index is -0.234. The molecule has 0 heterocycles. The van der Waals surface area contributed by atoms with Crippen LogP contribution in [0.1, 0.15) is 24.5 Å². The van der Waals surface area contributed by atoms with Crippen LogP contribution in [0.2, 0.25) is 0 Å². The maximum atomic E-state index is 6.26. The number of rotatable bonds is 5. The first-order valence-corrected chi connectivity index (χ1v) is 5.43. The second kappa shape index (κ2) is 5.29. The van der Waals surface area contributed by atoms with Crippen LogP contribution in [0.15, 0.2) is 24.3 Å². The molecule has 84 valence electrons. The second-order valence-corrected chi connectivity index (χ2v) is 4.31. The molecule has 0 aliphatic rings. The minimum absolute atomic E-state index is 0.234. The Balaban J connectivity index is 2.74. The van der Waals surface area contributed by atoms with Crippen LogP contribution in [-0.2, 0) is 11.2 Å². The largest absolute Gasteiger partial charge is 0.383 e. The highest BCUT2D eigenvalue weighted by molar-refractivity contribution is 5.24. The Morgan fingerprint density at radius 1 is 1.40 bits per heavy atom. The van der Waals surface area contributed by atoms with E-state index in [2.05, 4.69) is 38.1 Å². The quantitative estimate of drug-likeness (QED) is 0.804. The van der Waals surface area contributed by atoms with E-state index < -0.39 is 0 Å². The summed E-state index contributed by atoms with van der Waals surface area (Å²) in [7, 11) is 1.70. The second-order valence-electron chi connectivity index (χ2n) is 4.31. The maximum Gasteiger partial charge on any atom is 0.0645 e. The summed E-state index contributed by atoms with van der Waals surface area (Å²) < 4.78 is 5.18. The number of nitrogens with two attached hydrogens (primary N) is 1. The summed E-state index contributed by atoms with van der Waals surface area (Å²) in [6.45, 7) is 4.82. The van der Waals surface area contributed by atoms with Crippen molar-refractivity contribution in [2.75, 3.05) is 13.7 Å². The zero-order valence-electron chi connectivity index (χ0n) is 9.92. The third kappa shape index (κ3) is 3.65. The lowest BCUT2D eigenvalue weighted by molar-refractivity contribution is 0.129. The molecule has 0 amide bonds. The molecule has 1 aromatic rings. The molecule has 0 saturated carbocycles. The van der Waals surface area contributed by atoms with Gasteiger partial charge in [0.15, 0.2) is 0 Å². The molecule has 0 fully saturated rings. The predicted octanol–water partition coefficient (Wildman–Crippen LogP) is 2.29. The lowest BCUT2D eigenvalue weighted by atomic mass is 9.89. The number of hydrogen-bond acceptors (Lipinski definition) is 2. The van der Waals surface area contributed by atoms with Gasteiger partial charge in [-0.05, 0) is 25.3 Å². The van der Waals surface area contributed by atoms with Gasteiger partial charge in [-0.15, -0.1) is 0 Å². The van der Waals surface area contributed by atoms with Crippen LogP contribution in [0.25, 0.3) is 0 Å². The first kappa shape index (κ1) is 12.2. The highest BCUT2D eigenvalue weighted by atomic mass is 16.5. The fraction of sp³-hybridized carbons (Fsp3) is 0.538. The predicted molar refractivity (Wildman–Crippen MR) is 64.0 cm³/mol. The Morgan fingerprint density at radius 3 is 2.67 bits per heavy atom. The van der Waals surface area contributed by atoms with E-state index in [4.69, 9.17) is 10.5 Å². The van der Waals surface area contributed by atoms with Crippen LogP contribution in [-0.4, -0.2) is 19.3 Å². The first-order chi connectivity index (χ1) is 7.09. The van der Waals surface area contributed by atoms with Crippen molar-refractivity contribution in [3.63, 3.8) is 0 Å². The van der Waals surface area contributed by atoms with Crippen molar-refractivity contribution in [1.29, 1.82) is 0 Å². The van der Waals surface area contributed by atoms with Crippen molar-refractivity contribution in [1.82, 2.24) is 0 Å². The van der Waals surface area contributed by atoms with Gasteiger partial charge in [0.2, 0.25) is 0 Å². The molecule has 2 heteroatoms. The van der Waals surface area contributed by atoms with E-state index in [1.165, 1.54) is 11.1 Å². The summed E-state index contributed by atoms with van der Waals surface area (Å²) in [5.41, 5.74) is 8.60. The number of ether oxygens (including phenoxy) is 1. The molecule has 0 spiro atoms. The Kier molecular flexibility index (Phi) is 4.30. The Bertz CT molecular complexity index is 311. The Labute approximate surface area is 92.4 Å². The summed E-state index contributed by atoms with van der Waals surface area (Å²) in [4.78, 5) is 0. The number of benzene rings is 1. The highest BCUT2D eigenvalue weighted by Gasteiger charge is 2.22. The molecule has 1 atom stereocenters. The van der Waals surface area contributed by atoms with E-state index in [1.807, 2.05) is 0 Å².